The summed E-state index contributed by atoms with van der Waals surface area (Å²) in [5, 5.41) is 21.4. The van der Waals surface area contributed by atoms with Crippen LogP contribution in [0.2, 0.25) is 4.34 Å². The number of phenolic OH excluding ortho intramolecular Hbond substituents is 2. The molecule has 20 heavy (non-hydrogen) atoms. The van der Waals surface area contributed by atoms with E-state index in [9.17, 15) is 15.0 Å². The average molecular weight is 312 g/mol. The first-order valence-electron chi connectivity index (χ1n) is 6.06. The number of rotatable bonds is 5. The highest BCUT2D eigenvalue weighted by Gasteiger charge is 2.06. The second kappa shape index (κ2) is 6.63. The molecule has 0 aliphatic rings. The Morgan fingerprint density at radius 2 is 2.00 bits per heavy atom. The van der Waals surface area contributed by atoms with Gasteiger partial charge in [0, 0.05) is 11.4 Å². The molecule has 0 saturated carbocycles. The molecule has 0 aliphatic heterocycles. The minimum absolute atomic E-state index is 0.0634. The first-order chi connectivity index (χ1) is 9.54. The molecule has 1 aromatic carbocycles. The summed E-state index contributed by atoms with van der Waals surface area (Å²) in [6.07, 6.45) is 0.906. The Morgan fingerprint density at radius 3 is 2.65 bits per heavy atom. The Morgan fingerprint density at radius 1 is 1.20 bits per heavy atom. The Labute approximate surface area is 125 Å². The molecule has 4 nitrogen and oxygen atoms in total. The van der Waals surface area contributed by atoms with E-state index in [0.717, 1.165) is 10.4 Å². The molecular formula is C14H14ClNO3S. The lowest BCUT2D eigenvalue weighted by atomic mass is 10.1. The number of thiophene rings is 1. The average Bonchev–Trinajstić information content (AvgIpc) is 2.79. The maximum absolute atomic E-state index is 11.7. The Bertz CT molecular complexity index is 612. The fourth-order valence-electron chi connectivity index (χ4n) is 1.74. The Balaban J connectivity index is 1.77. The number of carbonyl (C=O) groups excluding carboxylic acids is 1. The fourth-order valence-corrected chi connectivity index (χ4v) is 2.82. The van der Waals surface area contributed by atoms with Crippen LogP contribution in [0.4, 0.5) is 0 Å². The van der Waals surface area contributed by atoms with Crippen molar-refractivity contribution < 1.29 is 15.0 Å². The first-order valence-corrected chi connectivity index (χ1v) is 7.26. The van der Waals surface area contributed by atoms with E-state index in [0.29, 0.717) is 23.7 Å². The topological polar surface area (TPSA) is 69.6 Å². The van der Waals surface area contributed by atoms with Gasteiger partial charge in [-0.3, -0.25) is 4.79 Å². The van der Waals surface area contributed by atoms with Gasteiger partial charge in [-0.15, -0.1) is 11.3 Å². The summed E-state index contributed by atoms with van der Waals surface area (Å²) < 4.78 is 0.673. The molecule has 0 aliphatic carbocycles. The van der Waals surface area contributed by atoms with Gasteiger partial charge in [-0.1, -0.05) is 17.7 Å². The monoisotopic (exact) mass is 311 g/mol. The maximum atomic E-state index is 11.7. The van der Waals surface area contributed by atoms with E-state index in [1.165, 1.54) is 23.5 Å². The number of nitrogens with one attached hydrogen (secondary N) is 1. The van der Waals surface area contributed by atoms with E-state index in [1.807, 2.05) is 6.07 Å². The van der Waals surface area contributed by atoms with Crippen LogP contribution in [0.25, 0.3) is 0 Å². The van der Waals surface area contributed by atoms with Gasteiger partial charge in [-0.25, -0.2) is 0 Å². The van der Waals surface area contributed by atoms with E-state index >= 15 is 0 Å². The lowest BCUT2D eigenvalue weighted by molar-refractivity contribution is -0.120. The number of benzene rings is 1. The number of halogens is 1. The number of amides is 1. The van der Waals surface area contributed by atoms with Gasteiger partial charge in [0.25, 0.3) is 0 Å². The summed E-state index contributed by atoms with van der Waals surface area (Å²) in [5.74, 6) is -0.360. The van der Waals surface area contributed by atoms with Gasteiger partial charge in [0.2, 0.25) is 5.91 Å². The van der Waals surface area contributed by atoms with Crippen LogP contribution in [0.1, 0.15) is 10.4 Å². The third-order valence-corrected chi connectivity index (χ3v) is 3.97. The number of phenols is 2. The van der Waals surface area contributed by atoms with Gasteiger partial charge in [-0.05, 0) is 36.2 Å². The van der Waals surface area contributed by atoms with Crippen LogP contribution in [-0.4, -0.2) is 22.7 Å². The summed E-state index contributed by atoms with van der Waals surface area (Å²) in [6.45, 7) is 0.474. The molecule has 1 amide bonds. The lowest BCUT2D eigenvalue weighted by Gasteiger charge is -2.05. The van der Waals surface area contributed by atoms with Crippen LogP contribution in [0.5, 0.6) is 11.5 Å². The summed E-state index contributed by atoms with van der Waals surface area (Å²) >= 11 is 7.19. The van der Waals surface area contributed by atoms with Crippen LogP contribution < -0.4 is 5.32 Å². The van der Waals surface area contributed by atoms with Crippen LogP contribution in [-0.2, 0) is 17.6 Å². The molecule has 106 valence electrons. The SMILES string of the molecule is O=C(Cc1ccc(Cl)s1)NCCc1ccc(O)c(O)c1. The minimum Gasteiger partial charge on any atom is -0.504 e. The zero-order valence-electron chi connectivity index (χ0n) is 10.6. The van der Waals surface area contributed by atoms with Crippen molar-refractivity contribution >= 4 is 28.8 Å². The van der Waals surface area contributed by atoms with E-state index < -0.39 is 0 Å². The van der Waals surface area contributed by atoms with Crippen LogP contribution in [0.15, 0.2) is 30.3 Å². The standard InChI is InChI=1S/C14H14ClNO3S/c15-13-4-2-10(20-13)8-14(19)16-6-5-9-1-3-11(17)12(18)7-9/h1-4,7,17-18H,5-6,8H2,(H,16,19). The van der Waals surface area contributed by atoms with E-state index in [1.54, 1.807) is 12.1 Å². The molecule has 0 saturated heterocycles. The normalized spacial score (nSPS) is 10.4. The molecule has 1 aromatic heterocycles. The second-order valence-electron chi connectivity index (χ2n) is 4.31. The number of carbonyl (C=O) groups is 1. The summed E-state index contributed by atoms with van der Waals surface area (Å²) in [7, 11) is 0. The van der Waals surface area contributed by atoms with E-state index in [2.05, 4.69) is 5.32 Å². The van der Waals surface area contributed by atoms with Crippen LogP contribution >= 0.6 is 22.9 Å². The molecule has 0 unspecified atom stereocenters. The zero-order chi connectivity index (χ0) is 14.5. The van der Waals surface area contributed by atoms with Crippen molar-refractivity contribution in [3.63, 3.8) is 0 Å². The highest BCUT2D eigenvalue weighted by molar-refractivity contribution is 7.16. The zero-order valence-corrected chi connectivity index (χ0v) is 12.2. The van der Waals surface area contributed by atoms with Crippen molar-refractivity contribution in [2.45, 2.75) is 12.8 Å². The molecule has 0 atom stereocenters. The summed E-state index contributed by atoms with van der Waals surface area (Å²) in [5.41, 5.74) is 0.847. The highest BCUT2D eigenvalue weighted by atomic mass is 35.5. The first kappa shape index (κ1) is 14.7. The van der Waals surface area contributed by atoms with Gasteiger partial charge >= 0.3 is 0 Å². The molecule has 0 fully saturated rings. The second-order valence-corrected chi connectivity index (χ2v) is 6.11. The Hall–Kier alpha value is -1.72. The number of hydrogen-bond donors (Lipinski definition) is 3. The van der Waals surface area contributed by atoms with Crippen molar-refractivity contribution in [2.24, 2.45) is 0 Å². The maximum Gasteiger partial charge on any atom is 0.225 e. The Kier molecular flexibility index (Phi) is 4.87. The van der Waals surface area contributed by atoms with E-state index in [-0.39, 0.29) is 17.4 Å². The van der Waals surface area contributed by atoms with E-state index in [4.69, 9.17) is 11.6 Å². The predicted octanol–water partition coefficient (Wildman–Crippen LogP) is 2.71. The largest absolute Gasteiger partial charge is 0.504 e. The third kappa shape index (κ3) is 4.15. The molecular weight excluding hydrogens is 298 g/mol. The molecule has 2 rings (SSSR count). The molecule has 1 heterocycles. The quantitative estimate of drug-likeness (QED) is 0.744. The van der Waals surface area contributed by atoms with Gasteiger partial charge in [0.1, 0.15) is 0 Å². The molecule has 0 spiro atoms. The summed E-state index contributed by atoms with van der Waals surface area (Å²) in [4.78, 5) is 12.6. The van der Waals surface area contributed by atoms with Crippen LogP contribution in [0, 0.1) is 0 Å². The van der Waals surface area contributed by atoms with Gasteiger partial charge in [-0.2, -0.15) is 0 Å². The lowest BCUT2D eigenvalue weighted by Crippen LogP contribution is -2.26. The molecule has 0 bridgehead atoms. The number of aromatic hydroxyl groups is 2. The molecule has 6 heteroatoms. The van der Waals surface area contributed by atoms with Crippen molar-refractivity contribution in [2.75, 3.05) is 6.54 Å². The molecule has 3 N–H and O–H groups in total. The van der Waals surface area contributed by atoms with Crippen molar-refractivity contribution in [1.82, 2.24) is 5.32 Å². The number of hydrogen-bond acceptors (Lipinski definition) is 4. The minimum atomic E-state index is -0.151. The smallest absolute Gasteiger partial charge is 0.225 e. The van der Waals surface area contributed by atoms with Crippen molar-refractivity contribution in [3.8, 4) is 11.5 Å². The van der Waals surface area contributed by atoms with Crippen molar-refractivity contribution in [3.05, 3.63) is 45.1 Å². The van der Waals surface area contributed by atoms with Gasteiger partial charge < -0.3 is 15.5 Å². The summed E-state index contributed by atoms with van der Waals surface area (Å²) in [6, 6.07) is 8.24. The highest BCUT2D eigenvalue weighted by Crippen LogP contribution is 2.25. The van der Waals surface area contributed by atoms with Gasteiger partial charge in [0.15, 0.2) is 11.5 Å². The molecule has 0 radical (unpaired) electrons. The third-order valence-electron chi connectivity index (χ3n) is 2.74. The fraction of sp³-hybridized carbons (Fsp3) is 0.214. The molecule has 2 aromatic rings. The van der Waals surface area contributed by atoms with Gasteiger partial charge in [0.05, 0.1) is 10.8 Å². The predicted molar refractivity (Wildman–Crippen MR) is 79.5 cm³/mol. The van der Waals surface area contributed by atoms with Crippen LogP contribution in [0.3, 0.4) is 0 Å². The van der Waals surface area contributed by atoms with Crippen molar-refractivity contribution in [1.29, 1.82) is 0 Å².